The van der Waals surface area contributed by atoms with Gasteiger partial charge in [-0.25, -0.2) is 4.79 Å². The van der Waals surface area contributed by atoms with Gasteiger partial charge in [0, 0.05) is 18.3 Å². The Morgan fingerprint density at radius 2 is 2.00 bits per heavy atom. The number of amides is 2. The molecule has 2 amide bonds. The van der Waals surface area contributed by atoms with Crippen molar-refractivity contribution in [3.8, 4) is 0 Å². The molecule has 1 aromatic carbocycles. The minimum absolute atomic E-state index is 0.333. The monoisotopic (exact) mass is 301 g/mol. The van der Waals surface area contributed by atoms with Gasteiger partial charge in [-0.1, -0.05) is 0 Å². The van der Waals surface area contributed by atoms with Gasteiger partial charge in [0.05, 0.1) is 5.56 Å². The van der Waals surface area contributed by atoms with E-state index in [1.165, 1.54) is 12.1 Å². The summed E-state index contributed by atoms with van der Waals surface area (Å²) < 4.78 is 37.2. The van der Waals surface area contributed by atoms with Crippen LogP contribution in [0.2, 0.25) is 0 Å². The van der Waals surface area contributed by atoms with Crippen LogP contribution in [0.15, 0.2) is 24.3 Å². The van der Waals surface area contributed by atoms with E-state index in [1.807, 2.05) is 0 Å². The van der Waals surface area contributed by atoms with Crippen molar-refractivity contribution in [2.75, 3.05) is 18.4 Å². The summed E-state index contributed by atoms with van der Waals surface area (Å²) in [5.41, 5.74) is -0.403. The molecule has 0 saturated carbocycles. The van der Waals surface area contributed by atoms with Crippen molar-refractivity contribution in [2.24, 2.45) is 0 Å². The molecule has 0 aromatic heterocycles. The Morgan fingerprint density at radius 1 is 1.29 bits per heavy atom. The van der Waals surface area contributed by atoms with Crippen LogP contribution in [0.4, 0.5) is 23.7 Å². The smallest absolute Gasteiger partial charge is 0.338 e. The topological polar surface area (TPSA) is 53.2 Å². The van der Waals surface area contributed by atoms with E-state index in [-0.39, 0.29) is 0 Å². The molecule has 1 atom stereocenters. The van der Waals surface area contributed by atoms with Gasteiger partial charge >= 0.3 is 12.2 Å². The standard InChI is InChI=1S/C14H18F3N3O/c15-14(16,17)10-3-5-12(6-4-10)20-13(21)19-9-7-11-2-1-8-18-11/h3-6,11,18H,1-2,7-9H2,(H2,19,20,21)/t11-/m1/s1. The fourth-order valence-corrected chi connectivity index (χ4v) is 2.28. The van der Waals surface area contributed by atoms with Gasteiger partial charge in [0.15, 0.2) is 0 Å². The molecule has 0 unspecified atom stereocenters. The molecule has 0 aliphatic carbocycles. The van der Waals surface area contributed by atoms with Gasteiger partial charge < -0.3 is 16.0 Å². The molecule has 7 heteroatoms. The highest BCUT2D eigenvalue weighted by atomic mass is 19.4. The lowest BCUT2D eigenvalue weighted by Gasteiger charge is -2.12. The van der Waals surface area contributed by atoms with E-state index in [1.54, 1.807) is 0 Å². The second-order valence-corrected chi connectivity index (χ2v) is 5.04. The third-order valence-corrected chi connectivity index (χ3v) is 3.41. The molecule has 0 radical (unpaired) electrons. The molecule has 0 spiro atoms. The first-order valence-corrected chi connectivity index (χ1v) is 6.90. The van der Waals surface area contributed by atoms with E-state index in [0.29, 0.717) is 18.3 Å². The highest BCUT2D eigenvalue weighted by Crippen LogP contribution is 2.29. The van der Waals surface area contributed by atoms with Crippen LogP contribution in [0, 0.1) is 0 Å². The number of halogens is 3. The summed E-state index contributed by atoms with van der Waals surface area (Å²) in [6.07, 6.45) is -1.25. The van der Waals surface area contributed by atoms with Crippen molar-refractivity contribution in [3.05, 3.63) is 29.8 Å². The summed E-state index contributed by atoms with van der Waals surface area (Å²) >= 11 is 0. The highest BCUT2D eigenvalue weighted by Gasteiger charge is 2.29. The quantitative estimate of drug-likeness (QED) is 0.801. The van der Waals surface area contributed by atoms with Crippen molar-refractivity contribution < 1.29 is 18.0 Å². The Balaban J connectivity index is 1.74. The molecular formula is C14H18F3N3O. The van der Waals surface area contributed by atoms with Crippen molar-refractivity contribution in [1.82, 2.24) is 10.6 Å². The van der Waals surface area contributed by atoms with E-state index in [4.69, 9.17) is 0 Å². The molecule has 21 heavy (non-hydrogen) atoms. The van der Waals surface area contributed by atoms with Crippen LogP contribution in [0.25, 0.3) is 0 Å². The summed E-state index contributed by atoms with van der Waals surface area (Å²) in [6.45, 7) is 1.55. The van der Waals surface area contributed by atoms with Gasteiger partial charge in [-0.2, -0.15) is 13.2 Å². The molecule has 116 valence electrons. The summed E-state index contributed by atoms with van der Waals surface area (Å²) in [7, 11) is 0. The molecule has 1 heterocycles. The number of hydrogen-bond donors (Lipinski definition) is 3. The van der Waals surface area contributed by atoms with Crippen LogP contribution in [0.1, 0.15) is 24.8 Å². The normalized spacial score (nSPS) is 18.5. The van der Waals surface area contributed by atoms with Crippen molar-refractivity contribution >= 4 is 11.7 Å². The number of nitrogens with one attached hydrogen (secondary N) is 3. The molecule has 1 aliphatic rings. The van der Waals surface area contributed by atoms with Crippen LogP contribution >= 0.6 is 0 Å². The van der Waals surface area contributed by atoms with Gasteiger partial charge in [0.2, 0.25) is 0 Å². The first-order chi connectivity index (χ1) is 9.95. The Kier molecular flexibility index (Phi) is 5.06. The SMILES string of the molecule is O=C(NCC[C@H]1CCCN1)Nc1ccc(C(F)(F)F)cc1. The number of alkyl halides is 3. The summed E-state index contributed by atoms with van der Waals surface area (Å²) in [5.74, 6) is 0. The number of carbonyl (C=O) groups excluding carboxylic acids is 1. The van der Waals surface area contributed by atoms with Gasteiger partial charge in [0.1, 0.15) is 0 Å². The van der Waals surface area contributed by atoms with Crippen LogP contribution in [0.5, 0.6) is 0 Å². The second kappa shape index (κ2) is 6.80. The molecule has 1 fully saturated rings. The first kappa shape index (κ1) is 15.6. The number of benzene rings is 1. The van der Waals surface area contributed by atoms with Gasteiger partial charge in [-0.15, -0.1) is 0 Å². The van der Waals surface area contributed by atoms with Crippen LogP contribution in [-0.4, -0.2) is 25.2 Å². The Bertz CT molecular complexity index is 467. The molecule has 2 rings (SSSR count). The lowest BCUT2D eigenvalue weighted by Crippen LogP contribution is -2.33. The van der Waals surface area contributed by atoms with Crippen molar-refractivity contribution in [2.45, 2.75) is 31.5 Å². The fraction of sp³-hybridized carbons (Fsp3) is 0.500. The maximum absolute atomic E-state index is 12.4. The molecule has 1 saturated heterocycles. The number of anilines is 1. The van der Waals surface area contributed by atoms with Gasteiger partial charge in [0.25, 0.3) is 0 Å². The van der Waals surface area contributed by atoms with E-state index in [0.717, 1.165) is 37.9 Å². The van der Waals surface area contributed by atoms with Crippen molar-refractivity contribution in [1.29, 1.82) is 0 Å². The predicted octanol–water partition coefficient (Wildman–Crippen LogP) is 2.97. The molecule has 3 N–H and O–H groups in total. The van der Waals surface area contributed by atoms with E-state index < -0.39 is 17.8 Å². The average molecular weight is 301 g/mol. The molecular weight excluding hydrogens is 283 g/mol. The second-order valence-electron chi connectivity index (χ2n) is 5.04. The number of carbonyl (C=O) groups is 1. The minimum atomic E-state index is -4.37. The Labute approximate surface area is 121 Å². The maximum Gasteiger partial charge on any atom is 0.416 e. The zero-order chi connectivity index (χ0) is 15.3. The third kappa shape index (κ3) is 4.93. The van der Waals surface area contributed by atoms with Crippen LogP contribution < -0.4 is 16.0 Å². The number of hydrogen-bond acceptors (Lipinski definition) is 2. The maximum atomic E-state index is 12.4. The summed E-state index contributed by atoms with van der Waals surface area (Å²) in [6, 6.07) is 4.39. The highest BCUT2D eigenvalue weighted by molar-refractivity contribution is 5.89. The molecule has 1 aliphatic heterocycles. The van der Waals surface area contributed by atoms with E-state index in [2.05, 4.69) is 16.0 Å². The van der Waals surface area contributed by atoms with Gasteiger partial charge in [-0.05, 0) is 50.1 Å². The number of rotatable bonds is 4. The molecule has 1 aromatic rings. The van der Waals surface area contributed by atoms with Crippen LogP contribution in [0.3, 0.4) is 0 Å². The largest absolute Gasteiger partial charge is 0.416 e. The summed E-state index contributed by atoms with van der Waals surface area (Å²) in [5, 5.41) is 8.52. The average Bonchev–Trinajstić information content (AvgIpc) is 2.91. The van der Waals surface area contributed by atoms with E-state index in [9.17, 15) is 18.0 Å². The third-order valence-electron chi connectivity index (χ3n) is 3.41. The van der Waals surface area contributed by atoms with E-state index >= 15 is 0 Å². The fourth-order valence-electron chi connectivity index (χ4n) is 2.28. The first-order valence-electron chi connectivity index (χ1n) is 6.90. The Morgan fingerprint density at radius 3 is 2.57 bits per heavy atom. The lowest BCUT2D eigenvalue weighted by atomic mass is 10.1. The zero-order valence-electron chi connectivity index (χ0n) is 11.5. The summed E-state index contributed by atoms with van der Waals surface area (Å²) in [4.78, 5) is 11.6. The molecule has 0 bridgehead atoms. The minimum Gasteiger partial charge on any atom is -0.338 e. The van der Waals surface area contributed by atoms with Crippen molar-refractivity contribution in [3.63, 3.8) is 0 Å². The number of urea groups is 1. The van der Waals surface area contributed by atoms with Gasteiger partial charge in [-0.3, -0.25) is 0 Å². The predicted molar refractivity (Wildman–Crippen MR) is 74.1 cm³/mol. The zero-order valence-corrected chi connectivity index (χ0v) is 11.5. The molecule has 4 nitrogen and oxygen atoms in total. The Hall–Kier alpha value is -1.76. The lowest BCUT2D eigenvalue weighted by molar-refractivity contribution is -0.137. The van der Waals surface area contributed by atoms with Crippen LogP contribution in [-0.2, 0) is 6.18 Å².